The smallest absolute Gasteiger partial charge is 0.340 e. The van der Waals surface area contributed by atoms with Crippen LogP contribution in [0.3, 0.4) is 0 Å². The molecule has 0 bridgehead atoms. The highest BCUT2D eigenvalue weighted by Gasteiger charge is 2.58. The Morgan fingerprint density at radius 3 is 1.80 bits per heavy atom. The van der Waals surface area contributed by atoms with E-state index in [4.69, 9.17) is 22.9 Å². The number of imide groups is 1. The SMILES string of the molecule is CC(O)C(N)C(=O)N(C(=O)C(N)CCCCN)C(CO)(C(=O)O)C(=O)C(N)C(C)O. The second-order valence-electron chi connectivity index (χ2n) is 7.12. The third kappa shape index (κ3) is 6.01. The van der Waals surface area contributed by atoms with Gasteiger partial charge >= 0.3 is 5.97 Å². The maximum absolute atomic E-state index is 13.0. The topological polar surface area (TPSA) is 257 Å². The number of rotatable bonds is 13. The summed E-state index contributed by atoms with van der Waals surface area (Å²) in [6, 6.07) is -5.12. The molecule has 13 nitrogen and oxygen atoms in total. The summed E-state index contributed by atoms with van der Waals surface area (Å²) in [5, 5.41) is 39.0. The Morgan fingerprint density at radius 1 is 0.933 bits per heavy atom. The van der Waals surface area contributed by atoms with Crippen molar-refractivity contribution >= 4 is 23.6 Å². The molecule has 13 heteroatoms. The van der Waals surface area contributed by atoms with E-state index in [0.717, 1.165) is 13.8 Å². The fourth-order valence-electron chi connectivity index (χ4n) is 2.66. The third-order valence-corrected chi connectivity index (χ3v) is 4.73. The lowest BCUT2D eigenvalue weighted by Gasteiger charge is -2.40. The molecule has 174 valence electrons. The van der Waals surface area contributed by atoms with Crippen LogP contribution < -0.4 is 22.9 Å². The molecule has 2 amide bonds. The van der Waals surface area contributed by atoms with E-state index in [1.54, 1.807) is 0 Å². The van der Waals surface area contributed by atoms with Crippen molar-refractivity contribution in [3.8, 4) is 0 Å². The van der Waals surface area contributed by atoms with E-state index < -0.39 is 66.0 Å². The number of nitrogens with two attached hydrogens (primary N) is 4. The Kier molecular flexibility index (Phi) is 11.2. The molecule has 0 aromatic heterocycles. The first-order chi connectivity index (χ1) is 13.8. The minimum absolute atomic E-state index is 0.0124. The van der Waals surface area contributed by atoms with Crippen molar-refractivity contribution in [2.45, 2.75) is 69.0 Å². The number of aliphatic hydroxyl groups excluding tert-OH is 3. The van der Waals surface area contributed by atoms with E-state index in [1.807, 2.05) is 0 Å². The number of carboxylic acid groups (broad SMARTS) is 1. The Labute approximate surface area is 174 Å². The minimum atomic E-state index is -3.21. The molecule has 6 atom stereocenters. The van der Waals surface area contributed by atoms with Crippen LogP contribution in [0.5, 0.6) is 0 Å². The van der Waals surface area contributed by atoms with E-state index in [2.05, 4.69) is 0 Å². The molecule has 0 spiro atoms. The number of nitrogens with zero attached hydrogens (tertiary/aromatic N) is 1. The number of carboxylic acids is 1. The van der Waals surface area contributed by atoms with Gasteiger partial charge in [0.15, 0.2) is 5.78 Å². The Balaban J connectivity index is 6.57. The first kappa shape index (κ1) is 28.0. The summed E-state index contributed by atoms with van der Waals surface area (Å²) in [4.78, 5) is 50.8. The summed E-state index contributed by atoms with van der Waals surface area (Å²) in [7, 11) is 0. The average Bonchev–Trinajstić information content (AvgIpc) is 2.68. The van der Waals surface area contributed by atoms with Crippen LogP contribution >= 0.6 is 0 Å². The molecular formula is C17H33N5O8. The largest absolute Gasteiger partial charge is 0.479 e. The van der Waals surface area contributed by atoms with Gasteiger partial charge in [-0.2, -0.15) is 0 Å². The van der Waals surface area contributed by atoms with Crippen LogP contribution in [0, 0.1) is 0 Å². The molecule has 0 aromatic rings. The number of aliphatic carboxylic acids is 1. The van der Waals surface area contributed by atoms with Crippen LogP contribution in [0.25, 0.3) is 0 Å². The van der Waals surface area contributed by atoms with Crippen molar-refractivity contribution in [3.05, 3.63) is 0 Å². The summed E-state index contributed by atoms with van der Waals surface area (Å²) < 4.78 is 0. The fraction of sp³-hybridized carbons (Fsp3) is 0.765. The van der Waals surface area contributed by atoms with Crippen LogP contribution in [-0.4, -0.2) is 97.9 Å². The number of ketones is 1. The van der Waals surface area contributed by atoms with E-state index in [0.29, 0.717) is 19.4 Å². The number of amides is 2. The molecule has 6 unspecified atom stereocenters. The maximum Gasteiger partial charge on any atom is 0.340 e. The van der Waals surface area contributed by atoms with Crippen molar-refractivity contribution < 1.29 is 39.6 Å². The summed E-state index contributed by atoms with van der Waals surface area (Å²) in [5.74, 6) is -6.36. The summed E-state index contributed by atoms with van der Waals surface area (Å²) in [6.45, 7) is 0.937. The molecule has 0 aliphatic heterocycles. The number of carbonyl (C=O) groups excluding carboxylic acids is 3. The molecule has 0 saturated heterocycles. The molecule has 12 N–H and O–H groups in total. The van der Waals surface area contributed by atoms with Crippen molar-refractivity contribution in [3.63, 3.8) is 0 Å². The first-order valence-corrected chi connectivity index (χ1v) is 9.40. The van der Waals surface area contributed by atoms with Crippen molar-refractivity contribution in [1.29, 1.82) is 0 Å². The summed E-state index contributed by atoms with van der Waals surface area (Å²) in [5.41, 5.74) is 19.1. The van der Waals surface area contributed by atoms with Crippen molar-refractivity contribution in [1.82, 2.24) is 4.90 Å². The number of hydrogen-bond donors (Lipinski definition) is 8. The van der Waals surface area contributed by atoms with Gasteiger partial charge in [-0.25, -0.2) is 4.79 Å². The zero-order valence-corrected chi connectivity index (χ0v) is 17.1. The minimum Gasteiger partial charge on any atom is -0.479 e. The molecular weight excluding hydrogens is 402 g/mol. The third-order valence-electron chi connectivity index (χ3n) is 4.73. The van der Waals surface area contributed by atoms with E-state index in [1.165, 1.54) is 0 Å². The second-order valence-corrected chi connectivity index (χ2v) is 7.12. The van der Waals surface area contributed by atoms with Gasteiger partial charge in [0.05, 0.1) is 30.9 Å². The zero-order valence-electron chi connectivity index (χ0n) is 17.1. The quantitative estimate of drug-likeness (QED) is 0.101. The van der Waals surface area contributed by atoms with E-state index in [9.17, 15) is 39.6 Å². The molecule has 0 rings (SSSR count). The number of aliphatic hydroxyl groups is 3. The molecule has 0 aromatic carbocycles. The second kappa shape index (κ2) is 12.0. The van der Waals surface area contributed by atoms with Crippen LogP contribution in [0.2, 0.25) is 0 Å². The fourth-order valence-corrected chi connectivity index (χ4v) is 2.66. The van der Waals surface area contributed by atoms with Crippen LogP contribution in [-0.2, 0) is 19.2 Å². The molecule has 30 heavy (non-hydrogen) atoms. The van der Waals surface area contributed by atoms with Gasteiger partial charge in [0.2, 0.25) is 17.4 Å². The molecule has 0 radical (unpaired) electrons. The molecule has 0 aliphatic carbocycles. The highest BCUT2D eigenvalue weighted by Crippen LogP contribution is 2.24. The monoisotopic (exact) mass is 435 g/mol. The van der Waals surface area contributed by atoms with Gasteiger partial charge in [-0.1, -0.05) is 6.42 Å². The van der Waals surface area contributed by atoms with Gasteiger partial charge in [-0.05, 0) is 33.2 Å². The van der Waals surface area contributed by atoms with Crippen LogP contribution in [0.4, 0.5) is 0 Å². The maximum atomic E-state index is 13.0. The van der Waals surface area contributed by atoms with Crippen molar-refractivity contribution in [2.75, 3.05) is 13.2 Å². The lowest BCUT2D eigenvalue weighted by Crippen LogP contribution is -2.73. The Morgan fingerprint density at radius 2 is 1.43 bits per heavy atom. The normalized spacial score (nSPS) is 18.4. The van der Waals surface area contributed by atoms with Gasteiger partial charge in [0, 0.05) is 0 Å². The number of Topliss-reactive ketones (excluding diaryl/α,β-unsaturated/α-hetero) is 1. The number of carbonyl (C=O) groups is 4. The standard InChI is InChI=1S/C17H33N5O8/c1-8(24)11(20)13(26)17(7-23,16(29)30)22(15(28)12(21)9(2)25)14(27)10(19)5-3-4-6-18/h8-12,23-25H,3-7,18-21H2,1-2H3,(H,29,30). The van der Waals surface area contributed by atoms with Crippen molar-refractivity contribution in [2.24, 2.45) is 22.9 Å². The lowest BCUT2D eigenvalue weighted by atomic mass is 9.85. The summed E-state index contributed by atoms with van der Waals surface area (Å²) in [6.07, 6.45) is -2.28. The Hall–Kier alpha value is -2.00. The van der Waals surface area contributed by atoms with Crippen LogP contribution in [0.1, 0.15) is 33.1 Å². The average molecular weight is 435 g/mol. The summed E-state index contributed by atoms with van der Waals surface area (Å²) >= 11 is 0. The highest BCUT2D eigenvalue weighted by molar-refractivity contribution is 6.18. The first-order valence-electron chi connectivity index (χ1n) is 9.40. The predicted molar refractivity (Wildman–Crippen MR) is 105 cm³/mol. The van der Waals surface area contributed by atoms with Gasteiger partial charge in [0.25, 0.3) is 0 Å². The zero-order chi connectivity index (χ0) is 23.8. The predicted octanol–water partition coefficient (Wildman–Crippen LogP) is -4.40. The van der Waals surface area contributed by atoms with Gasteiger partial charge in [-0.15, -0.1) is 0 Å². The molecule has 0 saturated carbocycles. The molecule has 0 aliphatic rings. The van der Waals surface area contributed by atoms with Gasteiger partial charge < -0.3 is 43.4 Å². The Bertz CT molecular complexity index is 629. The number of hydrogen-bond acceptors (Lipinski definition) is 11. The highest BCUT2D eigenvalue weighted by atomic mass is 16.4. The van der Waals surface area contributed by atoms with E-state index >= 15 is 0 Å². The van der Waals surface area contributed by atoms with Gasteiger partial charge in [0.1, 0.15) is 6.04 Å². The lowest BCUT2D eigenvalue weighted by molar-refractivity contribution is -0.176. The molecule has 0 heterocycles. The van der Waals surface area contributed by atoms with E-state index in [-0.39, 0.29) is 11.3 Å². The van der Waals surface area contributed by atoms with Gasteiger partial charge in [-0.3, -0.25) is 19.3 Å². The van der Waals surface area contributed by atoms with Crippen LogP contribution in [0.15, 0.2) is 0 Å². The number of unbranched alkanes of at least 4 members (excludes halogenated alkanes) is 1. The molecule has 0 fully saturated rings.